The highest BCUT2D eigenvalue weighted by atomic mass is 16.2. The highest BCUT2D eigenvalue weighted by Crippen LogP contribution is 2.59. The van der Waals surface area contributed by atoms with E-state index < -0.39 is 5.41 Å². The molecule has 0 radical (unpaired) electrons. The van der Waals surface area contributed by atoms with Crippen molar-refractivity contribution in [2.24, 2.45) is 16.7 Å². The number of piperidine rings is 1. The van der Waals surface area contributed by atoms with E-state index in [-0.39, 0.29) is 35.6 Å². The standard InChI is InChI=1S/C22H30N4O3/c1-21(2)17-7-8-22(21,3)20(29)26(19(17)28)15-18(27)25-12-10-24(11-13-25)14-16-6-4-5-9-23-16/h4-6,9,17H,7-8,10-15H2,1-3H3/t17-,22+/m1/s1. The molecule has 1 aliphatic carbocycles. The summed E-state index contributed by atoms with van der Waals surface area (Å²) in [6, 6.07) is 5.88. The van der Waals surface area contributed by atoms with Gasteiger partial charge in [0.1, 0.15) is 6.54 Å². The van der Waals surface area contributed by atoms with Gasteiger partial charge >= 0.3 is 0 Å². The fourth-order valence-corrected chi connectivity index (χ4v) is 5.16. The molecular weight excluding hydrogens is 368 g/mol. The van der Waals surface area contributed by atoms with Crippen LogP contribution in [0.3, 0.4) is 0 Å². The lowest BCUT2D eigenvalue weighted by Crippen LogP contribution is -2.61. The van der Waals surface area contributed by atoms with Crippen LogP contribution < -0.4 is 0 Å². The molecule has 29 heavy (non-hydrogen) atoms. The van der Waals surface area contributed by atoms with Gasteiger partial charge in [-0.3, -0.25) is 29.2 Å². The van der Waals surface area contributed by atoms with E-state index in [0.717, 1.165) is 31.7 Å². The summed E-state index contributed by atoms with van der Waals surface area (Å²) in [6.07, 6.45) is 3.23. The highest BCUT2D eigenvalue weighted by molar-refractivity contribution is 6.06. The van der Waals surface area contributed by atoms with Crippen LogP contribution >= 0.6 is 0 Å². The molecule has 7 nitrogen and oxygen atoms in total. The lowest BCUT2D eigenvalue weighted by molar-refractivity contribution is -0.170. The maximum Gasteiger partial charge on any atom is 0.242 e. The smallest absolute Gasteiger partial charge is 0.242 e. The number of aromatic nitrogens is 1. The number of piperazine rings is 1. The summed E-state index contributed by atoms with van der Waals surface area (Å²) < 4.78 is 0. The zero-order valence-electron chi connectivity index (χ0n) is 17.6. The Morgan fingerprint density at radius 3 is 2.52 bits per heavy atom. The van der Waals surface area contributed by atoms with E-state index in [1.165, 1.54) is 4.90 Å². The van der Waals surface area contributed by atoms with Crippen molar-refractivity contribution in [2.45, 2.75) is 40.2 Å². The minimum Gasteiger partial charge on any atom is -0.339 e. The Hall–Kier alpha value is -2.28. The number of imide groups is 1. The van der Waals surface area contributed by atoms with E-state index in [0.29, 0.717) is 19.5 Å². The van der Waals surface area contributed by atoms with E-state index in [1.807, 2.05) is 39.0 Å². The molecule has 0 aromatic carbocycles. The van der Waals surface area contributed by atoms with Crippen molar-refractivity contribution in [1.82, 2.24) is 19.7 Å². The number of amides is 3. The molecule has 2 saturated heterocycles. The van der Waals surface area contributed by atoms with Gasteiger partial charge in [0, 0.05) is 44.8 Å². The SMILES string of the molecule is CC1(C)[C@@H]2CC[C@@]1(C)C(=O)N(CC(=O)N1CCN(Cc3ccccn3)CC1)C2=O. The van der Waals surface area contributed by atoms with Crippen molar-refractivity contribution in [3.05, 3.63) is 30.1 Å². The van der Waals surface area contributed by atoms with Crippen LogP contribution in [-0.2, 0) is 20.9 Å². The Balaban J connectivity index is 1.36. The molecule has 7 heteroatoms. The minimum atomic E-state index is -0.562. The lowest BCUT2D eigenvalue weighted by atomic mass is 9.62. The largest absolute Gasteiger partial charge is 0.339 e. The molecule has 2 bridgehead atoms. The van der Waals surface area contributed by atoms with Crippen LogP contribution in [0.2, 0.25) is 0 Å². The molecule has 3 aliphatic rings. The van der Waals surface area contributed by atoms with Crippen molar-refractivity contribution in [3.63, 3.8) is 0 Å². The van der Waals surface area contributed by atoms with Crippen LogP contribution in [-0.4, -0.2) is 70.1 Å². The van der Waals surface area contributed by atoms with E-state index in [2.05, 4.69) is 9.88 Å². The van der Waals surface area contributed by atoms with Crippen LogP contribution in [0.15, 0.2) is 24.4 Å². The van der Waals surface area contributed by atoms with Gasteiger partial charge in [0.05, 0.1) is 11.1 Å². The topological polar surface area (TPSA) is 73.8 Å². The summed E-state index contributed by atoms with van der Waals surface area (Å²) in [5.41, 5.74) is 0.105. The summed E-state index contributed by atoms with van der Waals surface area (Å²) in [6.45, 7) is 9.36. The Bertz CT molecular complexity index is 817. The second kappa shape index (κ2) is 7.20. The van der Waals surface area contributed by atoms with Gasteiger partial charge in [0.2, 0.25) is 17.7 Å². The van der Waals surface area contributed by atoms with E-state index in [9.17, 15) is 14.4 Å². The monoisotopic (exact) mass is 398 g/mol. The van der Waals surface area contributed by atoms with Gasteiger partial charge < -0.3 is 4.90 Å². The summed E-state index contributed by atoms with van der Waals surface area (Å²) in [7, 11) is 0. The van der Waals surface area contributed by atoms with Crippen molar-refractivity contribution >= 4 is 17.7 Å². The van der Waals surface area contributed by atoms with E-state index in [1.54, 1.807) is 11.1 Å². The Morgan fingerprint density at radius 2 is 1.86 bits per heavy atom. The quantitative estimate of drug-likeness (QED) is 0.720. The molecule has 0 N–H and O–H groups in total. The number of rotatable bonds is 4. The molecule has 1 saturated carbocycles. The Kier molecular flexibility index (Phi) is 4.97. The number of likely N-dealkylation sites (tertiary alicyclic amines) is 1. The lowest BCUT2D eigenvalue weighted by Gasteiger charge is -2.47. The summed E-state index contributed by atoms with van der Waals surface area (Å²) in [4.78, 5) is 48.6. The molecule has 4 rings (SSSR count). The average molecular weight is 399 g/mol. The maximum absolute atomic E-state index is 13.1. The molecule has 2 aliphatic heterocycles. The maximum atomic E-state index is 13.1. The van der Waals surface area contributed by atoms with E-state index >= 15 is 0 Å². The first kappa shape index (κ1) is 20.0. The van der Waals surface area contributed by atoms with Gasteiger partial charge in [-0.1, -0.05) is 26.8 Å². The molecule has 0 unspecified atom stereocenters. The summed E-state index contributed by atoms with van der Waals surface area (Å²) in [5.74, 6) is -0.652. The Morgan fingerprint density at radius 1 is 1.14 bits per heavy atom. The molecule has 3 fully saturated rings. The molecular formula is C22H30N4O3. The number of hydrogen-bond acceptors (Lipinski definition) is 5. The normalized spacial score (nSPS) is 29.4. The third-order valence-electron chi connectivity index (χ3n) is 7.64. The average Bonchev–Trinajstić information content (AvgIpc) is 2.90. The van der Waals surface area contributed by atoms with Crippen LogP contribution in [0, 0.1) is 16.7 Å². The molecule has 3 amide bonds. The van der Waals surface area contributed by atoms with Gasteiger partial charge in [-0.2, -0.15) is 0 Å². The van der Waals surface area contributed by atoms with Gasteiger partial charge in [-0.25, -0.2) is 0 Å². The van der Waals surface area contributed by atoms with Crippen molar-refractivity contribution in [3.8, 4) is 0 Å². The first-order valence-electron chi connectivity index (χ1n) is 10.5. The number of carbonyl (C=O) groups is 3. The second-order valence-corrected chi connectivity index (χ2v) is 9.35. The molecule has 0 spiro atoms. The number of nitrogens with zero attached hydrogens (tertiary/aromatic N) is 4. The van der Waals surface area contributed by atoms with Crippen LogP contribution in [0.5, 0.6) is 0 Å². The number of fused-ring (bicyclic) bond motifs is 2. The zero-order valence-corrected chi connectivity index (χ0v) is 17.6. The third-order valence-corrected chi connectivity index (χ3v) is 7.64. The third kappa shape index (κ3) is 3.25. The number of hydrogen-bond donors (Lipinski definition) is 0. The molecule has 3 heterocycles. The first-order valence-corrected chi connectivity index (χ1v) is 10.5. The van der Waals surface area contributed by atoms with Crippen LogP contribution in [0.25, 0.3) is 0 Å². The van der Waals surface area contributed by atoms with Gasteiger partial charge in [0.25, 0.3) is 0 Å². The first-order chi connectivity index (χ1) is 13.7. The van der Waals surface area contributed by atoms with Crippen molar-refractivity contribution in [1.29, 1.82) is 0 Å². The molecule has 1 aromatic rings. The van der Waals surface area contributed by atoms with Gasteiger partial charge in [-0.05, 0) is 30.4 Å². The number of pyridine rings is 1. The fraction of sp³-hybridized carbons (Fsp3) is 0.636. The van der Waals surface area contributed by atoms with Gasteiger partial charge in [-0.15, -0.1) is 0 Å². The van der Waals surface area contributed by atoms with Crippen LogP contribution in [0.4, 0.5) is 0 Å². The highest BCUT2D eigenvalue weighted by Gasteiger charge is 2.64. The predicted octanol–water partition coefficient (Wildman–Crippen LogP) is 1.54. The van der Waals surface area contributed by atoms with Crippen LogP contribution in [0.1, 0.15) is 39.3 Å². The van der Waals surface area contributed by atoms with Gasteiger partial charge in [0.15, 0.2) is 0 Å². The van der Waals surface area contributed by atoms with Crippen molar-refractivity contribution in [2.75, 3.05) is 32.7 Å². The number of carbonyl (C=O) groups excluding carboxylic acids is 3. The second-order valence-electron chi connectivity index (χ2n) is 9.35. The molecule has 1 aromatic heterocycles. The molecule has 156 valence electrons. The Labute approximate surface area is 172 Å². The van der Waals surface area contributed by atoms with Crippen molar-refractivity contribution < 1.29 is 14.4 Å². The predicted molar refractivity (Wildman–Crippen MR) is 107 cm³/mol. The minimum absolute atomic E-state index is 0.125. The molecule has 2 atom stereocenters. The van der Waals surface area contributed by atoms with E-state index in [4.69, 9.17) is 0 Å². The summed E-state index contributed by atoms with van der Waals surface area (Å²) >= 11 is 0. The summed E-state index contributed by atoms with van der Waals surface area (Å²) in [5, 5.41) is 0. The zero-order chi connectivity index (χ0) is 20.8. The fourth-order valence-electron chi connectivity index (χ4n) is 5.16.